The summed E-state index contributed by atoms with van der Waals surface area (Å²) >= 11 is 4.99. The molecule has 0 aliphatic heterocycles. The molecule has 5 heteroatoms. The van der Waals surface area contributed by atoms with Crippen molar-refractivity contribution in [2.45, 2.75) is 26.2 Å². The van der Waals surface area contributed by atoms with Crippen LogP contribution in [0.5, 0.6) is 0 Å². The molecule has 1 aromatic carbocycles. The molecule has 104 valence electrons. The Labute approximate surface area is 130 Å². The summed E-state index contributed by atoms with van der Waals surface area (Å²) < 4.78 is 0.900. The van der Waals surface area contributed by atoms with E-state index in [0.29, 0.717) is 10.7 Å². The Bertz CT molecular complexity index is 653. The number of rotatable bonds is 2. The van der Waals surface area contributed by atoms with Gasteiger partial charge in [-0.2, -0.15) is 0 Å². The molecule has 1 N–H and O–H groups in total. The number of hydrogen-bond donors (Lipinski definition) is 1. The van der Waals surface area contributed by atoms with Gasteiger partial charge in [0.05, 0.1) is 5.69 Å². The van der Waals surface area contributed by atoms with Crippen LogP contribution in [0, 0.1) is 5.92 Å². The highest BCUT2D eigenvalue weighted by Gasteiger charge is 2.20. The van der Waals surface area contributed by atoms with Crippen LogP contribution in [-0.4, -0.2) is 10.9 Å². The van der Waals surface area contributed by atoms with E-state index in [2.05, 4.69) is 33.2 Å². The number of nitrogens with zero attached hydrogens (tertiary/aromatic N) is 1. The highest BCUT2D eigenvalue weighted by atomic mass is 79.9. The summed E-state index contributed by atoms with van der Waals surface area (Å²) in [5, 5.41) is 3.62. The van der Waals surface area contributed by atoms with E-state index < -0.39 is 0 Å². The van der Waals surface area contributed by atoms with Crippen LogP contribution in [0.1, 0.15) is 34.3 Å². The van der Waals surface area contributed by atoms with Gasteiger partial charge in [-0.25, -0.2) is 4.98 Å². The Hall–Kier alpha value is -1.20. The summed E-state index contributed by atoms with van der Waals surface area (Å²) in [5.41, 5.74) is 1.80. The normalized spacial score (nSPS) is 17.6. The second kappa shape index (κ2) is 5.66. The molecule has 1 amide bonds. The molecule has 0 spiro atoms. The van der Waals surface area contributed by atoms with Crippen LogP contribution in [-0.2, 0) is 12.8 Å². The van der Waals surface area contributed by atoms with Crippen LogP contribution in [0.3, 0.4) is 0 Å². The van der Waals surface area contributed by atoms with E-state index in [1.54, 1.807) is 17.4 Å². The molecule has 1 aromatic heterocycles. The zero-order valence-corrected chi connectivity index (χ0v) is 13.6. The van der Waals surface area contributed by atoms with Gasteiger partial charge in [0.15, 0.2) is 5.13 Å². The SMILES string of the molecule is C[C@H]1CCc2nc(NC(=O)c3cccc(Br)c3)sc2C1. The number of benzene rings is 1. The number of anilines is 1. The summed E-state index contributed by atoms with van der Waals surface area (Å²) in [5.74, 6) is 0.613. The number of thiazole rings is 1. The molecule has 20 heavy (non-hydrogen) atoms. The highest BCUT2D eigenvalue weighted by Crippen LogP contribution is 2.32. The molecule has 1 aliphatic rings. The van der Waals surface area contributed by atoms with E-state index in [1.807, 2.05) is 18.2 Å². The molecule has 0 bridgehead atoms. The molecule has 0 fully saturated rings. The second-order valence-electron chi connectivity index (χ2n) is 5.20. The smallest absolute Gasteiger partial charge is 0.257 e. The zero-order chi connectivity index (χ0) is 14.1. The van der Waals surface area contributed by atoms with Crippen molar-refractivity contribution in [3.05, 3.63) is 44.9 Å². The van der Waals surface area contributed by atoms with Crippen LogP contribution in [0.25, 0.3) is 0 Å². The highest BCUT2D eigenvalue weighted by molar-refractivity contribution is 9.10. The first-order valence-corrected chi connectivity index (χ1v) is 8.28. The molecule has 1 atom stereocenters. The fraction of sp³-hybridized carbons (Fsp3) is 0.333. The van der Waals surface area contributed by atoms with Crippen LogP contribution < -0.4 is 5.32 Å². The predicted molar refractivity (Wildman–Crippen MR) is 85.4 cm³/mol. The van der Waals surface area contributed by atoms with Gasteiger partial charge in [0.2, 0.25) is 0 Å². The summed E-state index contributed by atoms with van der Waals surface area (Å²) in [4.78, 5) is 18.1. The lowest BCUT2D eigenvalue weighted by Crippen LogP contribution is -2.11. The maximum Gasteiger partial charge on any atom is 0.257 e. The van der Waals surface area contributed by atoms with Gasteiger partial charge in [-0.15, -0.1) is 11.3 Å². The number of fused-ring (bicyclic) bond motifs is 1. The number of nitrogens with one attached hydrogen (secondary N) is 1. The number of hydrogen-bond acceptors (Lipinski definition) is 3. The molecule has 2 aromatic rings. The van der Waals surface area contributed by atoms with E-state index in [1.165, 1.54) is 11.3 Å². The number of carbonyl (C=O) groups excluding carboxylic acids is 1. The van der Waals surface area contributed by atoms with E-state index in [-0.39, 0.29) is 5.91 Å². The van der Waals surface area contributed by atoms with Gasteiger partial charge >= 0.3 is 0 Å². The zero-order valence-electron chi connectivity index (χ0n) is 11.1. The number of carbonyl (C=O) groups is 1. The monoisotopic (exact) mass is 350 g/mol. The minimum absolute atomic E-state index is 0.106. The summed E-state index contributed by atoms with van der Waals surface area (Å²) in [7, 11) is 0. The number of amides is 1. The first kappa shape index (κ1) is 13.8. The summed E-state index contributed by atoms with van der Waals surface area (Å²) in [6.45, 7) is 2.27. The number of halogens is 1. The van der Waals surface area contributed by atoms with Crippen molar-refractivity contribution in [3.63, 3.8) is 0 Å². The quantitative estimate of drug-likeness (QED) is 0.877. The van der Waals surface area contributed by atoms with Crippen molar-refractivity contribution < 1.29 is 4.79 Å². The Morgan fingerprint density at radius 1 is 1.50 bits per heavy atom. The molecule has 3 rings (SSSR count). The maximum atomic E-state index is 12.2. The molecule has 0 saturated heterocycles. The van der Waals surface area contributed by atoms with Crippen LogP contribution in [0.4, 0.5) is 5.13 Å². The Morgan fingerprint density at radius 3 is 3.15 bits per heavy atom. The van der Waals surface area contributed by atoms with Crippen molar-refractivity contribution in [1.29, 1.82) is 0 Å². The van der Waals surface area contributed by atoms with E-state index in [9.17, 15) is 4.79 Å². The minimum atomic E-state index is -0.106. The van der Waals surface area contributed by atoms with Gasteiger partial charge in [-0.3, -0.25) is 10.1 Å². The number of aromatic nitrogens is 1. The molecule has 3 nitrogen and oxygen atoms in total. The van der Waals surface area contributed by atoms with Gasteiger partial charge in [0, 0.05) is 14.9 Å². The van der Waals surface area contributed by atoms with Crippen molar-refractivity contribution in [1.82, 2.24) is 4.98 Å². The minimum Gasteiger partial charge on any atom is -0.298 e. The van der Waals surface area contributed by atoms with Crippen LogP contribution in [0.2, 0.25) is 0 Å². The third-order valence-corrected chi connectivity index (χ3v) is 5.02. The predicted octanol–water partition coefficient (Wildman–Crippen LogP) is 4.28. The van der Waals surface area contributed by atoms with Crippen molar-refractivity contribution in [2.24, 2.45) is 5.92 Å². The van der Waals surface area contributed by atoms with Gasteiger partial charge < -0.3 is 0 Å². The Kier molecular flexibility index (Phi) is 3.89. The molecule has 1 aliphatic carbocycles. The summed E-state index contributed by atoms with van der Waals surface area (Å²) in [6, 6.07) is 7.37. The first-order chi connectivity index (χ1) is 9.61. The lowest BCUT2D eigenvalue weighted by molar-refractivity contribution is 0.102. The van der Waals surface area contributed by atoms with Crippen molar-refractivity contribution in [2.75, 3.05) is 5.32 Å². The van der Waals surface area contributed by atoms with Crippen LogP contribution in [0.15, 0.2) is 28.7 Å². The topological polar surface area (TPSA) is 42.0 Å². The molecule has 0 radical (unpaired) electrons. The van der Waals surface area contributed by atoms with Gasteiger partial charge in [-0.05, 0) is 43.4 Å². The van der Waals surface area contributed by atoms with E-state index >= 15 is 0 Å². The fourth-order valence-electron chi connectivity index (χ4n) is 2.39. The summed E-state index contributed by atoms with van der Waals surface area (Å²) in [6.07, 6.45) is 3.30. The van der Waals surface area contributed by atoms with E-state index in [0.717, 1.165) is 28.9 Å². The van der Waals surface area contributed by atoms with Crippen LogP contribution >= 0.6 is 27.3 Å². The average molecular weight is 351 g/mol. The lowest BCUT2D eigenvalue weighted by Gasteiger charge is -2.15. The standard InChI is InChI=1S/C15H15BrN2OS/c1-9-5-6-12-13(7-9)20-15(17-12)18-14(19)10-3-2-4-11(16)8-10/h2-4,8-9H,5-7H2,1H3,(H,17,18,19)/t9-/m0/s1. The van der Waals surface area contributed by atoms with Gasteiger partial charge in [-0.1, -0.05) is 28.9 Å². The van der Waals surface area contributed by atoms with Gasteiger partial charge in [0.25, 0.3) is 5.91 Å². The fourth-order valence-corrected chi connectivity index (χ4v) is 3.96. The molecular weight excluding hydrogens is 336 g/mol. The third kappa shape index (κ3) is 2.94. The molecule has 1 heterocycles. The largest absolute Gasteiger partial charge is 0.298 e. The van der Waals surface area contributed by atoms with Crippen molar-refractivity contribution in [3.8, 4) is 0 Å². The second-order valence-corrected chi connectivity index (χ2v) is 7.20. The van der Waals surface area contributed by atoms with Gasteiger partial charge in [0.1, 0.15) is 0 Å². The molecule has 0 unspecified atom stereocenters. The van der Waals surface area contributed by atoms with Crippen molar-refractivity contribution >= 4 is 38.3 Å². The Morgan fingerprint density at radius 2 is 2.35 bits per heavy atom. The lowest BCUT2D eigenvalue weighted by atomic mass is 9.93. The molecular formula is C15H15BrN2OS. The number of aryl methyl sites for hydroxylation is 1. The molecule has 0 saturated carbocycles. The average Bonchev–Trinajstić information content (AvgIpc) is 2.80. The Balaban J connectivity index is 1.77. The third-order valence-electron chi connectivity index (χ3n) is 3.49. The first-order valence-electron chi connectivity index (χ1n) is 6.67. The van der Waals surface area contributed by atoms with E-state index in [4.69, 9.17) is 0 Å². The maximum absolute atomic E-state index is 12.2.